The number of hydrogen-bond acceptors (Lipinski definition) is 5. The predicted octanol–water partition coefficient (Wildman–Crippen LogP) is 4.81. The van der Waals surface area contributed by atoms with Crippen LogP contribution in [0.25, 0.3) is 22.5 Å². The number of nitrogens with one attached hydrogen (secondary N) is 2. The first kappa shape index (κ1) is 21.5. The molecule has 1 saturated carbocycles. The Labute approximate surface area is 203 Å². The molecule has 1 unspecified atom stereocenters. The molecular formula is C26H22BFN6O. The van der Waals surface area contributed by atoms with Gasteiger partial charge in [-0.3, -0.25) is 14.4 Å². The third kappa shape index (κ3) is 3.86. The van der Waals surface area contributed by atoms with E-state index in [9.17, 15) is 4.79 Å². The van der Waals surface area contributed by atoms with Crippen LogP contribution in [0.3, 0.4) is 0 Å². The molecule has 2 N–H and O–H groups in total. The van der Waals surface area contributed by atoms with Crippen LogP contribution in [0.2, 0.25) is 0 Å². The molecule has 2 radical (unpaired) electrons. The summed E-state index contributed by atoms with van der Waals surface area (Å²) in [5.74, 6) is 0.478. The van der Waals surface area contributed by atoms with Crippen LogP contribution in [0.5, 0.6) is 0 Å². The Balaban J connectivity index is 1.27. The van der Waals surface area contributed by atoms with Gasteiger partial charge in [-0.05, 0) is 73.7 Å². The minimum absolute atomic E-state index is 0.0833. The summed E-state index contributed by atoms with van der Waals surface area (Å²) < 4.78 is 16.2. The second kappa shape index (κ2) is 8.04. The first-order valence-corrected chi connectivity index (χ1v) is 11.6. The van der Waals surface area contributed by atoms with Crippen molar-refractivity contribution in [1.29, 1.82) is 0 Å². The smallest absolute Gasteiger partial charge is 0.269 e. The van der Waals surface area contributed by atoms with Gasteiger partial charge >= 0.3 is 0 Å². The Kier molecular flexibility index (Phi) is 4.95. The predicted molar refractivity (Wildman–Crippen MR) is 132 cm³/mol. The van der Waals surface area contributed by atoms with E-state index in [-0.39, 0.29) is 29.3 Å². The maximum absolute atomic E-state index is 15.1. The number of fused-ring (bicyclic) bond motifs is 1. The Morgan fingerprint density at radius 2 is 1.91 bits per heavy atom. The molecular weight excluding hydrogens is 442 g/mol. The fraction of sp³-hybridized carbons (Fsp3) is 0.231. The number of amides is 1. The summed E-state index contributed by atoms with van der Waals surface area (Å²) in [6.45, 7) is 3.82. The molecule has 172 valence electrons. The standard InChI is InChI=1S/C26H22BFN6O/c1-13-9-20-19(14(2)30-25(20)35)11-23(13)31-26-32-24(33-34(26)27)18-7-5-16(10-21(18)28)17-6-8-22(29-12-17)15-3-4-15/h5-12,14-15H,3-4H2,1-2H3,(H,30,35)(H,31,32,33). The van der Waals surface area contributed by atoms with Gasteiger partial charge in [-0.25, -0.2) is 4.39 Å². The van der Waals surface area contributed by atoms with E-state index < -0.39 is 5.82 Å². The van der Waals surface area contributed by atoms with Crippen molar-refractivity contribution >= 4 is 25.5 Å². The van der Waals surface area contributed by atoms with Gasteiger partial charge in [0.25, 0.3) is 13.9 Å². The third-order valence-corrected chi connectivity index (χ3v) is 6.66. The molecule has 1 aliphatic carbocycles. The van der Waals surface area contributed by atoms with Gasteiger partial charge in [0.05, 0.1) is 11.6 Å². The largest absolute Gasteiger partial charge is 0.345 e. The number of anilines is 2. The molecule has 35 heavy (non-hydrogen) atoms. The van der Waals surface area contributed by atoms with Gasteiger partial charge in [-0.2, -0.15) is 10.1 Å². The summed E-state index contributed by atoms with van der Waals surface area (Å²) in [5.41, 5.74) is 6.09. The van der Waals surface area contributed by atoms with Crippen molar-refractivity contribution in [2.24, 2.45) is 0 Å². The van der Waals surface area contributed by atoms with Crippen molar-refractivity contribution in [3.63, 3.8) is 0 Å². The van der Waals surface area contributed by atoms with E-state index >= 15 is 4.39 Å². The topological polar surface area (TPSA) is 84.7 Å². The summed E-state index contributed by atoms with van der Waals surface area (Å²) in [4.78, 5) is 21.0. The zero-order valence-corrected chi connectivity index (χ0v) is 19.3. The molecule has 2 aromatic heterocycles. The molecule has 0 bridgehead atoms. The molecule has 1 fully saturated rings. The number of carbonyl (C=O) groups is 1. The number of nitrogens with zero attached hydrogens (tertiary/aromatic N) is 4. The van der Waals surface area contributed by atoms with E-state index in [1.54, 1.807) is 12.3 Å². The Morgan fingerprint density at radius 1 is 1.11 bits per heavy atom. The van der Waals surface area contributed by atoms with Gasteiger partial charge in [-0.1, -0.05) is 12.1 Å². The lowest BCUT2D eigenvalue weighted by Gasteiger charge is -2.12. The maximum Gasteiger partial charge on any atom is 0.269 e. The number of pyridine rings is 1. The van der Waals surface area contributed by atoms with Crippen molar-refractivity contribution in [2.45, 2.75) is 38.6 Å². The van der Waals surface area contributed by atoms with Crippen LogP contribution in [-0.2, 0) is 0 Å². The molecule has 0 spiro atoms. The van der Waals surface area contributed by atoms with Crippen LogP contribution in [-0.4, -0.2) is 33.5 Å². The molecule has 1 amide bonds. The minimum Gasteiger partial charge on any atom is -0.345 e. The molecule has 9 heteroatoms. The number of hydrogen-bond donors (Lipinski definition) is 2. The lowest BCUT2D eigenvalue weighted by atomic mass is 10.0. The number of halogens is 1. The highest BCUT2D eigenvalue weighted by Gasteiger charge is 2.27. The molecule has 1 atom stereocenters. The van der Waals surface area contributed by atoms with Gasteiger partial charge in [0.2, 0.25) is 5.95 Å². The van der Waals surface area contributed by atoms with Gasteiger partial charge in [0, 0.05) is 34.6 Å². The van der Waals surface area contributed by atoms with Crippen LogP contribution in [0.15, 0.2) is 48.7 Å². The normalized spacial score (nSPS) is 16.8. The summed E-state index contributed by atoms with van der Waals surface area (Å²) in [7, 11) is 6.04. The van der Waals surface area contributed by atoms with E-state index in [1.807, 2.05) is 44.2 Å². The summed E-state index contributed by atoms with van der Waals surface area (Å²) in [6.07, 6.45) is 4.17. The van der Waals surface area contributed by atoms with Crippen LogP contribution < -0.4 is 10.6 Å². The van der Waals surface area contributed by atoms with Crippen molar-refractivity contribution in [2.75, 3.05) is 5.32 Å². The average molecular weight is 464 g/mol. The van der Waals surface area contributed by atoms with Crippen LogP contribution >= 0.6 is 0 Å². The van der Waals surface area contributed by atoms with E-state index in [4.69, 9.17) is 7.98 Å². The maximum atomic E-state index is 15.1. The SMILES string of the molecule is [B]n1nc(-c2ccc(-c3ccc(C4CC4)nc3)cc2F)nc1Nc1cc2c(cc1C)C(=O)NC2C. The second-order valence-corrected chi connectivity index (χ2v) is 9.22. The molecule has 2 aliphatic rings. The van der Waals surface area contributed by atoms with Crippen molar-refractivity contribution < 1.29 is 9.18 Å². The Hall–Kier alpha value is -4.01. The lowest BCUT2D eigenvalue weighted by molar-refractivity contribution is 0.0958. The minimum atomic E-state index is -0.446. The number of aryl methyl sites for hydroxylation is 1. The zero-order valence-electron chi connectivity index (χ0n) is 19.3. The fourth-order valence-electron chi connectivity index (χ4n) is 4.48. The molecule has 6 rings (SSSR count). The van der Waals surface area contributed by atoms with Crippen LogP contribution in [0, 0.1) is 12.7 Å². The van der Waals surface area contributed by atoms with Crippen molar-refractivity contribution in [3.8, 4) is 22.5 Å². The lowest BCUT2D eigenvalue weighted by Crippen LogP contribution is -2.16. The van der Waals surface area contributed by atoms with Gasteiger partial charge in [0.1, 0.15) is 5.82 Å². The van der Waals surface area contributed by atoms with Gasteiger partial charge in [0.15, 0.2) is 5.82 Å². The number of benzene rings is 2. The van der Waals surface area contributed by atoms with Gasteiger partial charge in [-0.15, -0.1) is 0 Å². The molecule has 2 aromatic carbocycles. The first-order valence-electron chi connectivity index (χ1n) is 11.6. The van der Waals surface area contributed by atoms with E-state index in [2.05, 4.69) is 25.7 Å². The Bertz CT molecular complexity index is 1480. The molecule has 3 heterocycles. The number of aromatic nitrogens is 4. The third-order valence-electron chi connectivity index (χ3n) is 6.66. The first-order chi connectivity index (χ1) is 16.9. The van der Waals surface area contributed by atoms with E-state index in [0.717, 1.165) is 38.2 Å². The Morgan fingerprint density at radius 3 is 2.63 bits per heavy atom. The van der Waals surface area contributed by atoms with Crippen LogP contribution in [0.4, 0.5) is 16.0 Å². The summed E-state index contributed by atoms with van der Waals surface area (Å²) >= 11 is 0. The molecule has 4 aromatic rings. The highest BCUT2D eigenvalue weighted by atomic mass is 19.1. The average Bonchev–Trinajstić information content (AvgIpc) is 3.58. The van der Waals surface area contributed by atoms with E-state index in [0.29, 0.717) is 11.5 Å². The highest BCUT2D eigenvalue weighted by Crippen LogP contribution is 2.39. The quantitative estimate of drug-likeness (QED) is 0.414. The molecule has 1 aliphatic heterocycles. The van der Waals surface area contributed by atoms with Crippen molar-refractivity contribution in [1.82, 2.24) is 25.0 Å². The zero-order chi connectivity index (χ0) is 24.3. The monoisotopic (exact) mass is 464 g/mol. The summed E-state index contributed by atoms with van der Waals surface area (Å²) in [6, 6.07) is 12.6. The second-order valence-electron chi connectivity index (χ2n) is 9.22. The fourth-order valence-corrected chi connectivity index (χ4v) is 4.48. The molecule has 7 nitrogen and oxygen atoms in total. The van der Waals surface area contributed by atoms with Crippen molar-refractivity contribution in [3.05, 3.63) is 76.9 Å². The highest BCUT2D eigenvalue weighted by molar-refractivity contribution is 6.07. The van der Waals surface area contributed by atoms with Crippen LogP contribution in [0.1, 0.15) is 58.9 Å². The number of carbonyl (C=O) groups excluding carboxylic acids is 1. The van der Waals surface area contributed by atoms with E-state index in [1.165, 1.54) is 18.9 Å². The van der Waals surface area contributed by atoms with Gasteiger partial charge < -0.3 is 10.6 Å². The number of rotatable bonds is 5. The summed E-state index contributed by atoms with van der Waals surface area (Å²) in [5, 5.41) is 10.3. The molecule has 0 saturated heterocycles.